The predicted octanol–water partition coefficient (Wildman–Crippen LogP) is 4.35. The molecule has 17 heavy (non-hydrogen) atoms. The van der Waals surface area contributed by atoms with E-state index in [-0.39, 0.29) is 5.97 Å². The third-order valence-corrected chi connectivity index (χ3v) is 3.37. The minimum Gasteiger partial charge on any atom is -0.462 e. The van der Waals surface area contributed by atoms with E-state index in [0.29, 0.717) is 12.2 Å². The summed E-state index contributed by atoms with van der Waals surface area (Å²) in [6.07, 6.45) is 5.88. The van der Waals surface area contributed by atoms with Crippen molar-refractivity contribution in [3.05, 3.63) is 12.2 Å². The van der Waals surface area contributed by atoms with Crippen LogP contribution in [-0.4, -0.2) is 12.6 Å². The summed E-state index contributed by atoms with van der Waals surface area (Å²) in [6.45, 7) is 12.6. The van der Waals surface area contributed by atoms with Crippen molar-refractivity contribution in [1.29, 1.82) is 0 Å². The van der Waals surface area contributed by atoms with Crippen molar-refractivity contribution < 1.29 is 9.53 Å². The Morgan fingerprint density at radius 3 is 2.41 bits per heavy atom. The summed E-state index contributed by atoms with van der Waals surface area (Å²) >= 11 is 0. The highest BCUT2D eigenvalue weighted by molar-refractivity contribution is 5.86. The van der Waals surface area contributed by atoms with Gasteiger partial charge in [0, 0.05) is 5.57 Å². The fourth-order valence-corrected chi connectivity index (χ4v) is 2.22. The van der Waals surface area contributed by atoms with E-state index >= 15 is 0 Å². The van der Waals surface area contributed by atoms with E-state index in [0.717, 1.165) is 24.7 Å². The number of esters is 1. The normalized spacial score (nSPS) is 14.1. The molecule has 0 N–H and O–H groups in total. The van der Waals surface area contributed by atoms with Crippen LogP contribution in [0.15, 0.2) is 12.2 Å². The summed E-state index contributed by atoms with van der Waals surface area (Å²) < 4.78 is 5.10. The van der Waals surface area contributed by atoms with Gasteiger partial charge in [0.1, 0.15) is 0 Å². The third-order valence-electron chi connectivity index (χ3n) is 3.37. The van der Waals surface area contributed by atoms with Crippen molar-refractivity contribution >= 4 is 5.97 Å². The first kappa shape index (κ1) is 16.2. The molecule has 2 unspecified atom stereocenters. The highest BCUT2D eigenvalue weighted by Crippen LogP contribution is 2.24. The summed E-state index contributed by atoms with van der Waals surface area (Å²) in [5.41, 5.74) is 0.483. The molecular formula is C15H28O2. The van der Waals surface area contributed by atoms with Gasteiger partial charge in [0.15, 0.2) is 0 Å². The van der Waals surface area contributed by atoms with E-state index < -0.39 is 0 Å². The SMILES string of the molecule is C=C(C)C(=O)OCCCC(CC)C(C)CCC. The molecule has 0 heterocycles. The molecule has 0 radical (unpaired) electrons. The monoisotopic (exact) mass is 240 g/mol. The molecule has 0 saturated carbocycles. The van der Waals surface area contributed by atoms with Crippen LogP contribution >= 0.6 is 0 Å². The molecule has 0 rings (SSSR count). The van der Waals surface area contributed by atoms with Crippen LogP contribution in [0.1, 0.15) is 59.8 Å². The number of rotatable bonds is 9. The third kappa shape index (κ3) is 7.19. The lowest BCUT2D eigenvalue weighted by Gasteiger charge is -2.22. The van der Waals surface area contributed by atoms with Crippen LogP contribution in [0, 0.1) is 11.8 Å². The summed E-state index contributed by atoms with van der Waals surface area (Å²) in [4.78, 5) is 11.2. The second-order valence-electron chi connectivity index (χ2n) is 4.99. The largest absolute Gasteiger partial charge is 0.462 e. The van der Waals surface area contributed by atoms with Crippen LogP contribution < -0.4 is 0 Å². The standard InChI is InChI=1S/C15H28O2/c1-6-9-13(5)14(7-2)10-8-11-17-15(16)12(3)4/h13-14H,3,6-11H2,1-2,4-5H3. The van der Waals surface area contributed by atoms with Crippen LogP contribution in [0.4, 0.5) is 0 Å². The zero-order valence-corrected chi connectivity index (χ0v) is 11.9. The first-order valence-electron chi connectivity index (χ1n) is 6.85. The lowest BCUT2D eigenvalue weighted by atomic mass is 9.85. The number of carbonyl (C=O) groups is 1. The van der Waals surface area contributed by atoms with E-state index in [1.807, 2.05) is 0 Å². The molecule has 0 aromatic rings. The average Bonchev–Trinajstić information content (AvgIpc) is 2.28. The molecule has 0 aliphatic carbocycles. The van der Waals surface area contributed by atoms with Crippen molar-refractivity contribution in [2.24, 2.45) is 11.8 Å². The lowest BCUT2D eigenvalue weighted by molar-refractivity contribution is -0.139. The lowest BCUT2D eigenvalue weighted by Crippen LogP contribution is -2.13. The molecule has 0 aliphatic heterocycles. The van der Waals surface area contributed by atoms with Crippen molar-refractivity contribution in [3.8, 4) is 0 Å². The van der Waals surface area contributed by atoms with Crippen LogP contribution in [0.25, 0.3) is 0 Å². The Morgan fingerprint density at radius 2 is 1.94 bits per heavy atom. The molecule has 0 saturated heterocycles. The topological polar surface area (TPSA) is 26.3 Å². The maximum atomic E-state index is 11.2. The fraction of sp³-hybridized carbons (Fsp3) is 0.800. The van der Waals surface area contributed by atoms with Crippen LogP contribution in [-0.2, 0) is 9.53 Å². The van der Waals surface area contributed by atoms with Gasteiger partial charge < -0.3 is 4.74 Å². The van der Waals surface area contributed by atoms with Crippen molar-refractivity contribution in [2.45, 2.75) is 59.8 Å². The molecule has 0 aliphatic rings. The smallest absolute Gasteiger partial charge is 0.333 e. The van der Waals surface area contributed by atoms with E-state index in [1.165, 1.54) is 19.3 Å². The van der Waals surface area contributed by atoms with Gasteiger partial charge in [-0.1, -0.05) is 46.6 Å². The van der Waals surface area contributed by atoms with Gasteiger partial charge in [0.2, 0.25) is 0 Å². The van der Waals surface area contributed by atoms with E-state index in [9.17, 15) is 4.79 Å². The van der Waals surface area contributed by atoms with Crippen molar-refractivity contribution in [1.82, 2.24) is 0 Å². The first-order valence-corrected chi connectivity index (χ1v) is 6.85. The maximum Gasteiger partial charge on any atom is 0.333 e. The molecule has 2 nitrogen and oxygen atoms in total. The minimum absolute atomic E-state index is 0.264. The Balaban J connectivity index is 3.77. The number of ether oxygens (including phenoxy) is 1. The molecule has 0 aromatic carbocycles. The summed E-state index contributed by atoms with van der Waals surface area (Å²) in [5.74, 6) is 1.28. The summed E-state index contributed by atoms with van der Waals surface area (Å²) in [6, 6.07) is 0. The van der Waals surface area contributed by atoms with Gasteiger partial charge in [-0.2, -0.15) is 0 Å². The summed E-state index contributed by atoms with van der Waals surface area (Å²) in [7, 11) is 0. The van der Waals surface area contributed by atoms with Gasteiger partial charge in [-0.25, -0.2) is 4.79 Å². The number of hydrogen-bond donors (Lipinski definition) is 0. The zero-order chi connectivity index (χ0) is 13.3. The highest BCUT2D eigenvalue weighted by Gasteiger charge is 2.14. The first-order chi connectivity index (χ1) is 8.02. The molecule has 100 valence electrons. The van der Waals surface area contributed by atoms with Crippen molar-refractivity contribution in [3.63, 3.8) is 0 Å². The van der Waals surface area contributed by atoms with E-state index in [4.69, 9.17) is 4.74 Å². The molecule has 2 heteroatoms. The van der Waals surface area contributed by atoms with Crippen LogP contribution in [0.5, 0.6) is 0 Å². The van der Waals surface area contributed by atoms with Crippen molar-refractivity contribution in [2.75, 3.05) is 6.61 Å². The molecule has 0 aromatic heterocycles. The molecule has 0 spiro atoms. The Morgan fingerprint density at radius 1 is 1.29 bits per heavy atom. The molecule has 0 bridgehead atoms. The Bertz CT molecular complexity index is 233. The predicted molar refractivity (Wildman–Crippen MR) is 72.9 cm³/mol. The molecule has 2 atom stereocenters. The maximum absolute atomic E-state index is 11.2. The van der Waals surface area contributed by atoms with Gasteiger partial charge >= 0.3 is 5.97 Å². The second-order valence-corrected chi connectivity index (χ2v) is 4.99. The fourth-order valence-electron chi connectivity index (χ4n) is 2.22. The quantitative estimate of drug-likeness (QED) is 0.340. The van der Waals surface area contributed by atoms with Gasteiger partial charge in [0.25, 0.3) is 0 Å². The van der Waals surface area contributed by atoms with E-state index in [2.05, 4.69) is 27.4 Å². The molecule has 0 fully saturated rings. The Labute approximate surface area is 106 Å². The zero-order valence-electron chi connectivity index (χ0n) is 11.9. The highest BCUT2D eigenvalue weighted by atomic mass is 16.5. The van der Waals surface area contributed by atoms with Gasteiger partial charge in [-0.3, -0.25) is 0 Å². The minimum atomic E-state index is -0.264. The van der Waals surface area contributed by atoms with Gasteiger partial charge in [0.05, 0.1) is 6.61 Å². The van der Waals surface area contributed by atoms with Gasteiger partial charge in [-0.15, -0.1) is 0 Å². The molecule has 0 amide bonds. The van der Waals surface area contributed by atoms with Crippen LogP contribution in [0.2, 0.25) is 0 Å². The Hall–Kier alpha value is -0.790. The van der Waals surface area contributed by atoms with E-state index in [1.54, 1.807) is 6.92 Å². The molecular weight excluding hydrogens is 212 g/mol. The second kappa shape index (κ2) is 9.26. The number of hydrogen-bond acceptors (Lipinski definition) is 2. The van der Waals surface area contributed by atoms with Gasteiger partial charge in [-0.05, 0) is 31.6 Å². The summed E-state index contributed by atoms with van der Waals surface area (Å²) in [5, 5.41) is 0. The average molecular weight is 240 g/mol. The Kier molecular flexibility index (Phi) is 8.83. The van der Waals surface area contributed by atoms with Crippen LogP contribution in [0.3, 0.4) is 0 Å². The number of carbonyl (C=O) groups excluding carboxylic acids is 1.